The van der Waals surface area contributed by atoms with Crippen molar-refractivity contribution in [2.75, 3.05) is 7.11 Å². The van der Waals surface area contributed by atoms with Crippen LogP contribution in [0.2, 0.25) is 0 Å². The summed E-state index contributed by atoms with van der Waals surface area (Å²) in [6.07, 6.45) is 2.49. The van der Waals surface area contributed by atoms with Gasteiger partial charge in [0.2, 0.25) is 0 Å². The molecule has 1 aromatic carbocycles. The van der Waals surface area contributed by atoms with Crippen molar-refractivity contribution in [1.29, 1.82) is 0 Å². The van der Waals surface area contributed by atoms with Crippen molar-refractivity contribution in [3.8, 4) is 0 Å². The van der Waals surface area contributed by atoms with Gasteiger partial charge in [-0.15, -0.1) is 0 Å². The van der Waals surface area contributed by atoms with Crippen molar-refractivity contribution < 1.29 is 4.74 Å². The molecule has 0 amide bonds. The van der Waals surface area contributed by atoms with Crippen LogP contribution in [0.25, 0.3) is 0 Å². The second-order valence-electron chi connectivity index (χ2n) is 5.88. The normalized spacial score (nSPS) is 13.7. The Morgan fingerprint density at radius 3 is 2.12 bits per heavy atom. The standard InChI is InChI=1S/C16H26O/c1-6-7-15(16(2,3)4)14-10-8-13(9-11-14)12-17-5/h8-11,15H,6-7,12H2,1-5H3. The topological polar surface area (TPSA) is 9.23 Å². The van der Waals surface area contributed by atoms with E-state index in [1.54, 1.807) is 7.11 Å². The Morgan fingerprint density at radius 1 is 1.12 bits per heavy atom. The molecule has 1 heteroatoms. The van der Waals surface area contributed by atoms with E-state index in [1.165, 1.54) is 24.0 Å². The Kier molecular flexibility index (Phi) is 5.20. The molecule has 96 valence electrons. The number of benzene rings is 1. The van der Waals surface area contributed by atoms with Gasteiger partial charge in [-0.05, 0) is 28.9 Å². The number of hydrogen-bond acceptors (Lipinski definition) is 1. The van der Waals surface area contributed by atoms with Gasteiger partial charge in [0.25, 0.3) is 0 Å². The van der Waals surface area contributed by atoms with E-state index in [9.17, 15) is 0 Å². The summed E-state index contributed by atoms with van der Waals surface area (Å²) < 4.78 is 5.14. The molecule has 0 aliphatic heterocycles. The summed E-state index contributed by atoms with van der Waals surface area (Å²) in [5.74, 6) is 0.643. The maximum Gasteiger partial charge on any atom is 0.0713 e. The smallest absolute Gasteiger partial charge is 0.0713 e. The van der Waals surface area contributed by atoms with Crippen molar-refractivity contribution in [2.24, 2.45) is 5.41 Å². The molecule has 0 fully saturated rings. The summed E-state index contributed by atoms with van der Waals surface area (Å²) in [4.78, 5) is 0. The fourth-order valence-electron chi connectivity index (χ4n) is 2.40. The molecule has 0 radical (unpaired) electrons. The van der Waals surface area contributed by atoms with Crippen LogP contribution in [0.3, 0.4) is 0 Å². The minimum Gasteiger partial charge on any atom is -0.380 e. The van der Waals surface area contributed by atoms with Crippen molar-refractivity contribution in [2.45, 2.75) is 53.1 Å². The SMILES string of the molecule is CCCC(c1ccc(COC)cc1)C(C)(C)C. The highest BCUT2D eigenvalue weighted by atomic mass is 16.5. The minimum atomic E-state index is 0.332. The van der Waals surface area contributed by atoms with Crippen LogP contribution in [0, 0.1) is 5.41 Å². The molecule has 1 nitrogen and oxygen atoms in total. The van der Waals surface area contributed by atoms with Crippen LogP contribution >= 0.6 is 0 Å². The lowest BCUT2D eigenvalue weighted by Crippen LogP contribution is -2.18. The highest BCUT2D eigenvalue weighted by molar-refractivity contribution is 5.26. The van der Waals surface area contributed by atoms with Gasteiger partial charge in [0.1, 0.15) is 0 Å². The Hall–Kier alpha value is -0.820. The lowest BCUT2D eigenvalue weighted by atomic mass is 9.74. The third-order valence-electron chi connectivity index (χ3n) is 3.32. The molecule has 0 saturated carbocycles. The minimum absolute atomic E-state index is 0.332. The quantitative estimate of drug-likeness (QED) is 0.713. The molecule has 17 heavy (non-hydrogen) atoms. The van der Waals surface area contributed by atoms with Crippen LogP contribution in [0.1, 0.15) is 57.6 Å². The van der Waals surface area contributed by atoms with E-state index in [2.05, 4.69) is 52.0 Å². The average molecular weight is 234 g/mol. The van der Waals surface area contributed by atoms with Gasteiger partial charge in [-0.3, -0.25) is 0 Å². The van der Waals surface area contributed by atoms with Gasteiger partial charge in [0, 0.05) is 7.11 Å². The maximum absolute atomic E-state index is 5.14. The van der Waals surface area contributed by atoms with Crippen LogP contribution in [0.5, 0.6) is 0 Å². The summed E-state index contributed by atoms with van der Waals surface area (Å²) in [5.41, 5.74) is 3.04. The van der Waals surface area contributed by atoms with E-state index in [0.717, 1.165) is 0 Å². The summed E-state index contributed by atoms with van der Waals surface area (Å²) in [6.45, 7) is 9.95. The third-order valence-corrected chi connectivity index (χ3v) is 3.32. The maximum atomic E-state index is 5.14. The molecule has 0 saturated heterocycles. The monoisotopic (exact) mass is 234 g/mol. The molecule has 0 bridgehead atoms. The van der Waals surface area contributed by atoms with E-state index in [4.69, 9.17) is 4.74 Å². The largest absolute Gasteiger partial charge is 0.380 e. The van der Waals surface area contributed by atoms with Crippen molar-refractivity contribution in [1.82, 2.24) is 0 Å². The fourth-order valence-corrected chi connectivity index (χ4v) is 2.40. The van der Waals surface area contributed by atoms with E-state index >= 15 is 0 Å². The first kappa shape index (κ1) is 14.2. The fraction of sp³-hybridized carbons (Fsp3) is 0.625. The van der Waals surface area contributed by atoms with E-state index in [1.807, 2.05) is 0 Å². The summed E-state index contributed by atoms with van der Waals surface area (Å²) in [6, 6.07) is 8.90. The first-order valence-electron chi connectivity index (χ1n) is 6.56. The van der Waals surface area contributed by atoms with Gasteiger partial charge < -0.3 is 4.74 Å². The third kappa shape index (κ3) is 4.16. The highest BCUT2D eigenvalue weighted by Crippen LogP contribution is 2.38. The molecule has 0 aliphatic carbocycles. The molecular weight excluding hydrogens is 208 g/mol. The zero-order chi connectivity index (χ0) is 12.9. The number of methoxy groups -OCH3 is 1. The van der Waals surface area contributed by atoms with Crippen LogP contribution in [-0.2, 0) is 11.3 Å². The Labute approximate surface area is 106 Å². The van der Waals surface area contributed by atoms with Crippen molar-refractivity contribution >= 4 is 0 Å². The highest BCUT2D eigenvalue weighted by Gasteiger charge is 2.25. The molecule has 1 aromatic rings. The molecule has 0 heterocycles. The number of rotatable bonds is 5. The Morgan fingerprint density at radius 2 is 1.71 bits per heavy atom. The lowest BCUT2D eigenvalue weighted by Gasteiger charge is -2.31. The first-order chi connectivity index (χ1) is 7.99. The lowest BCUT2D eigenvalue weighted by molar-refractivity contribution is 0.185. The molecule has 1 unspecified atom stereocenters. The molecular formula is C16H26O. The zero-order valence-electron chi connectivity index (χ0n) is 11.9. The number of hydrogen-bond donors (Lipinski definition) is 0. The number of ether oxygens (including phenoxy) is 1. The molecule has 0 N–H and O–H groups in total. The van der Waals surface area contributed by atoms with Crippen LogP contribution in [0.15, 0.2) is 24.3 Å². The zero-order valence-corrected chi connectivity index (χ0v) is 11.9. The van der Waals surface area contributed by atoms with Gasteiger partial charge in [-0.25, -0.2) is 0 Å². The second-order valence-corrected chi connectivity index (χ2v) is 5.88. The van der Waals surface area contributed by atoms with E-state index in [-0.39, 0.29) is 0 Å². The molecule has 1 rings (SSSR count). The van der Waals surface area contributed by atoms with E-state index < -0.39 is 0 Å². The van der Waals surface area contributed by atoms with Gasteiger partial charge in [-0.2, -0.15) is 0 Å². The second kappa shape index (κ2) is 6.20. The van der Waals surface area contributed by atoms with Gasteiger partial charge in [0.05, 0.1) is 6.61 Å². The molecule has 0 aliphatic rings. The van der Waals surface area contributed by atoms with Crippen molar-refractivity contribution in [3.63, 3.8) is 0 Å². The van der Waals surface area contributed by atoms with Gasteiger partial charge in [-0.1, -0.05) is 58.4 Å². The Bertz CT molecular complexity index is 318. The molecule has 0 spiro atoms. The van der Waals surface area contributed by atoms with E-state index in [0.29, 0.717) is 17.9 Å². The summed E-state index contributed by atoms with van der Waals surface area (Å²) in [7, 11) is 1.74. The predicted molar refractivity (Wildman–Crippen MR) is 74.3 cm³/mol. The van der Waals surface area contributed by atoms with Gasteiger partial charge >= 0.3 is 0 Å². The summed E-state index contributed by atoms with van der Waals surface area (Å²) in [5, 5.41) is 0. The first-order valence-corrected chi connectivity index (χ1v) is 6.56. The predicted octanol–water partition coefficient (Wildman–Crippen LogP) is 4.76. The van der Waals surface area contributed by atoms with Crippen molar-refractivity contribution in [3.05, 3.63) is 35.4 Å². The molecule has 0 aromatic heterocycles. The molecule has 1 atom stereocenters. The van der Waals surface area contributed by atoms with Crippen LogP contribution in [-0.4, -0.2) is 7.11 Å². The Balaban J connectivity index is 2.87. The van der Waals surface area contributed by atoms with Crippen LogP contribution < -0.4 is 0 Å². The van der Waals surface area contributed by atoms with Crippen LogP contribution in [0.4, 0.5) is 0 Å². The average Bonchev–Trinajstić information content (AvgIpc) is 2.26. The van der Waals surface area contributed by atoms with Gasteiger partial charge in [0.15, 0.2) is 0 Å². The summed E-state index contributed by atoms with van der Waals surface area (Å²) >= 11 is 0.